The number of methoxy groups -OCH3 is 1. The number of nitrogens with zero attached hydrogens (tertiary/aromatic N) is 1. The van der Waals surface area contributed by atoms with E-state index in [0.29, 0.717) is 5.88 Å². The minimum Gasteiger partial charge on any atom is -0.481 e. The van der Waals surface area contributed by atoms with Crippen molar-refractivity contribution in [2.45, 2.75) is 13.1 Å². The molecule has 1 N–H and O–H groups in total. The summed E-state index contributed by atoms with van der Waals surface area (Å²) in [6, 6.07) is 12.2. The van der Waals surface area contributed by atoms with Gasteiger partial charge in [-0.15, -0.1) is 0 Å². The first-order chi connectivity index (χ1) is 8.78. The summed E-state index contributed by atoms with van der Waals surface area (Å²) in [5.41, 5.74) is 2.41. The molecule has 0 fully saturated rings. The topological polar surface area (TPSA) is 34.1 Å². The molecule has 1 aromatic heterocycles. The third kappa shape index (κ3) is 3.82. The Kier molecular flexibility index (Phi) is 4.73. The standard InChI is InChI=1S/C14H15BrN2O/c1-18-14-7-4-12(10-17-14)9-16-8-11-2-5-13(15)6-3-11/h2-7,10,16H,8-9H2,1H3. The number of hydrogen-bond donors (Lipinski definition) is 1. The third-order valence-electron chi connectivity index (χ3n) is 2.58. The predicted molar refractivity (Wildman–Crippen MR) is 75.5 cm³/mol. The normalized spacial score (nSPS) is 10.3. The van der Waals surface area contributed by atoms with E-state index in [-0.39, 0.29) is 0 Å². The van der Waals surface area contributed by atoms with Crippen LogP contribution in [0.5, 0.6) is 5.88 Å². The van der Waals surface area contributed by atoms with E-state index in [1.165, 1.54) is 5.56 Å². The van der Waals surface area contributed by atoms with Crippen molar-refractivity contribution in [3.63, 3.8) is 0 Å². The fourth-order valence-corrected chi connectivity index (χ4v) is 1.85. The summed E-state index contributed by atoms with van der Waals surface area (Å²) in [4.78, 5) is 4.17. The molecule has 3 nitrogen and oxygen atoms in total. The summed E-state index contributed by atoms with van der Waals surface area (Å²) < 4.78 is 6.12. The number of benzene rings is 1. The van der Waals surface area contributed by atoms with Crippen LogP contribution in [-0.4, -0.2) is 12.1 Å². The van der Waals surface area contributed by atoms with Gasteiger partial charge in [0.05, 0.1) is 7.11 Å². The molecule has 0 aliphatic rings. The Morgan fingerprint density at radius 1 is 1.06 bits per heavy atom. The van der Waals surface area contributed by atoms with Gasteiger partial charge in [0.15, 0.2) is 0 Å². The molecule has 4 heteroatoms. The van der Waals surface area contributed by atoms with Crippen LogP contribution in [0.3, 0.4) is 0 Å². The van der Waals surface area contributed by atoms with Crippen LogP contribution in [0.15, 0.2) is 47.1 Å². The van der Waals surface area contributed by atoms with Gasteiger partial charge < -0.3 is 10.1 Å². The zero-order valence-electron chi connectivity index (χ0n) is 10.2. The van der Waals surface area contributed by atoms with E-state index in [0.717, 1.165) is 23.1 Å². The van der Waals surface area contributed by atoms with Gasteiger partial charge in [-0.3, -0.25) is 0 Å². The molecule has 2 rings (SSSR count). The fourth-order valence-electron chi connectivity index (χ4n) is 1.59. The maximum absolute atomic E-state index is 5.02. The molecule has 0 aliphatic carbocycles. The van der Waals surface area contributed by atoms with Crippen molar-refractivity contribution in [2.24, 2.45) is 0 Å². The minimum absolute atomic E-state index is 0.645. The lowest BCUT2D eigenvalue weighted by atomic mass is 10.2. The molecule has 0 radical (unpaired) electrons. The second-order valence-electron chi connectivity index (χ2n) is 3.94. The van der Waals surface area contributed by atoms with Crippen molar-refractivity contribution in [2.75, 3.05) is 7.11 Å². The van der Waals surface area contributed by atoms with E-state index in [4.69, 9.17) is 4.74 Å². The average Bonchev–Trinajstić information content (AvgIpc) is 2.42. The van der Waals surface area contributed by atoms with Gasteiger partial charge >= 0.3 is 0 Å². The first-order valence-corrected chi connectivity index (χ1v) is 6.51. The predicted octanol–water partition coefficient (Wildman–Crippen LogP) is 3.14. The van der Waals surface area contributed by atoms with Crippen LogP contribution >= 0.6 is 15.9 Å². The zero-order valence-corrected chi connectivity index (χ0v) is 11.8. The lowest BCUT2D eigenvalue weighted by Crippen LogP contribution is -2.12. The lowest BCUT2D eigenvalue weighted by Gasteiger charge is -2.05. The molecule has 0 unspecified atom stereocenters. The van der Waals surface area contributed by atoms with Gasteiger partial charge in [0.2, 0.25) is 5.88 Å². The Morgan fingerprint density at radius 2 is 1.72 bits per heavy atom. The van der Waals surface area contributed by atoms with Gasteiger partial charge in [-0.05, 0) is 23.3 Å². The quantitative estimate of drug-likeness (QED) is 0.921. The Morgan fingerprint density at radius 3 is 2.33 bits per heavy atom. The highest BCUT2D eigenvalue weighted by Crippen LogP contribution is 2.10. The van der Waals surface area contributed by atoms with E-state index < -0.39 is 0 Å². The Balaban J connectivity index is 1.82. The van der Waals surface area contributed by atoms with Crippen molar-refractivity contribution in [3.05, 3.63) is 58.2 Å². The number of halogens is 1. The van der Waals surface area contributed by atoms with Crippen molar-refractivity contribution in [3.8, 4) is 5.88 Å². The molecule has 0 atom stereocenters. The maximum atomic E-state index is 5.02. The smallest absolute Gasteiger partial charge is 0.212 e. The van der Waals surface area contributed by atoms with E-state index in [2.05, 4.69) is 38.4 Å². The summed E-state index contributed by atoms with van der Waals surface area (Å²) in [7, 11) is 1.62. The van der Waals surface area contributed by atoms with E-state index >= 15 is 0 Å². The van der Waals surface area contributed by atoms with E-state index in [1.807, 2.05) is 30.5 Å². The van der Waals surface area contributed by atoms with E-state index in [9.17, 15) is 0 Å². The molecule has 0 bridgehead atoms. The van der Waals surface area contributed by atoms with Crippen LogP contribution in [0.2, 0.25) is 0 Å². The van der Waals surface area contributed by atoms with Gasteiger partial charge in [0, 0.05) is 29.8 Å². The highest BCUT2D eigenvalue weighted by atomic mass is 79.9. The molecule has 0 aliphatic heterocycles. The first kappa shape index (κ1) is 13.1. The summed E-state index contributed by atoms with van der Waals surface area (Å²) in [6.07, 6.45) is 1.83. The highest BCUT2D eigenvalue weighted by molar-refractivity contribution is 9.10. The third-order valence-corrected chi connectivity index (χ3v) is 3.11. The highest BCUT2D eigenvalue weighted by Gasteiger charge is 1.96. The first-order valence-electron chi connectivity index (χ1n) is 5.72. The van der Waals surface area contributed by atoms with Crippen LogP contribution < -0.4 is 10.1 Å². The van der Waals surface area contributed by atoms with Crippen molar-refractivity contribution in [1.82, 2.24) is 10.3 Å². The van der Waals surface area contributed by atoms with Gasteiger partial charge in [0.25, 0.3) is 0 Å². The number of ether oxygens (including phenoxy) is 1. The number of aromatic nitrogens is 1. The largest absolute Gasteiger partial charge is 0.481 e. The minimum atomic E-state index is 0.645. The SMILES string of the molecule is COc1ccc(CNCc2ccc(Br)cc2)cn1. The Hall–Kier alpha value is -1.39. The molecule has 18 heavy (non-hydrogen) atoms. The number of hydrogen-bond acceptors (Lipinski definition) is 3. The molecule has 0 spiro atoms. The number of rotatable bonds is 5. The molecule has 1 heterocycles. The fraction of sp³-hybridized carbons (Fsp3) is 0.214. The van der Waals surface area contributed by atoms with Gasteiger partial charge in [-0.25, -0.2) is 4.98 Å². The Labute approximate surface area is 115 Å². The molecule has 0 saturated heterocycles. The van der Waals surface area contributed by atoms with Crippen LogP contribution in [0.1, 0.15) is 11.1 Å². The van der Waals surface area contributed by atoms with Gasteiger partial charge in [-0.1, -0.05) is 34.1 Å². The lowest BCUT2D eigenvalue weighted by molar-refractivity contribution is 0.397. The summed E-state index contributed by atoms with van der Waals surface area (Å²) in [6.45, 7) is 1.65. The second-order valence-corrected chi connectivity index (χ2v) is 4.85. The van der Waals surface area contributed by atoms with Crippen molar-refractivity contribution < 1.29 is 4.74 Å². The average molecular weight is 307 g/mol. The van der Waals surface area contributed by atoms with Crippen molar-refractivity contribution >= 4 is 15.9 Å². The monoisotopic (exact) mass is 306 g/mol. The number of nitrogens with one attached hydrogen (secondary N) is 1. The van der Waals surface area contributed by atoms with Crippen molar-refractivity contribution in [1.29, 1.82) is 0 Å². The van der Waals surface area contributed by atoms with Gasteiger partial charge in [0.1, 0.15) is 0 Å². The summed E-state index contributed by atoms with van der Waals surface area (Å²) in [5, 5.41) is 3.38. The van der Waals surface area contributed by atoms with E-state index in [1.54, 1.807) is 7.11 Å². The van der Waals surface area contributed by atoms with Crippen LogP contribution in [-0.2, 0) is 13.1 Å². The summed E-state index contributed by atoms with van der Waals surface area (Å²) >= 11 is 3.42. The molecule has 0 saturated carbocycles. The zero-order chi connectivity index (χ0) is 12.8. The summed E-state index contributed by atoms with van der Waals surface area (Å²) in [5.74, 6) is 0.645. The van der Waals surface area contributed by atoms with Gasteiger partial charge in [-0.2, -0.15) is 0 Å². The molecular formula is C14H15BrN2O. The molecule has 94 valence electrons. The van der Waals surface area contributed by atoms with Crippen LogP contribution in [0.25, 0.3) is 0 Å². The molecule has 2 aromatic rings. The Bertz CT molecular complexity index is 482. The molecular weight excluding hydrogens is 292 g/mol. The number of pyridine rings is 1. The maximum Gasteiger partial charge on any atom is 0.212 e. The molecule has 1 aromatic carbocycles. The van der Waals surface area contributed by atoms with Crippen LogP contribution in [0.4, 0.5) is 0 Å². The van der Waals surface area contributed by atoms with Crippen LogP contribution in [0, 0.1) is 0 Å². The molecule has 0 amide bonds. The second kappa shape index (κ2) is 6.52.